The molecular formula is C17H15ClN2O2. The van der Waals surface area contributed by atoms with Crippen LogP contribution in [0.1, 0.15) is 0 Å². The first kappa shape index (κ1) is 14.5. The molecule has 2 aromatic carbocycles. The number of rotatable bonds is 4. The predicted molar refractivity (Wildman–Crippen MR) is 88.3 cm³/mol. The van der Waals surface area contributed by atoms with Crippen molar-refractivity contribution >= 4 is 28.4 Å². The fourth-order valence-corrected chi connectivity index (χ4v) is 2.52. The minimum Gasteiger partial charge on any atom is -0.484 e. The smallest absolute Gasteiger partial charge is 0.257 e. The van der Waals surface area contributed by atoms with Crippen LogP contribution in [0.15, 0.2) is 48.7 Å². The van der Waals surface area contributed by atoms with Crippen molar-refractivity contribution in [2.75, 3.05) is 13.7 Å². The normalized spacial score (nSPS) is 10.6. The molecule has 0 bridgehead atoms. The second-order valence-electron chi connectivity index (χ2n) is 4.88. The van der Waals surface area contributed by atoms with Gasteiger partial charge in [-0.2, -0.15) is 0 Å². The van der Waals surface area contributed by atoms with Gasteiger partial charge in [-0.25, -0.2) is 0 Å². The summed E-state index contributed by atoms with van der Waals surface area (Å²) in [6.07, 6.45) is 1.89. The molecular weight excluding hydrogens is 300 g/mol. The fourth-order valence-electron chi connectivity index (χ4n) is 2.25. The van der Waals surface area contributed by atoms with Gasteiger partial charge in [-0.3, -0.25) is 4.79 Å². The minimum absolute atomic E-state index is 0.00587. The molecule has 0 saturated carbocycles. The molecule has 0 unspecified atom stereocenters. The molecule has 0 fully saturated rings. The zero-order chi connectivity index (χ0) is 15.5. The number of H-pyrrole nitrogens is 1. The van der Waals surface area contributed by atoms with Crippen molar-refractivity contribution in [3.8, 4) is 16.9 Å². The zero-order valence-electron chi connectivity index (χ0n) is 12.0. The topological polar surface area (TPSA) is 54.1 Å². The molecule has 5 heteroatoms. The number of halogens is 1. The molecule has 0 aliphatic carbocycles. The Morgan fingerprint density at radius 1 is 1.23 bits per heavy atom. The molecule has 0 aliphatic heterocycles. The van der Waals surface area contributed by atoms with Crippen molar-refractivity contribution in [2.45, 2.75) is 0 Å². The first-order valence-electron chi connectivity index (χ1n) is 6.88. The van der Waals surface area contributed by atoms with E-state index in [0.29, 0.717) is 10.8 Å². The van der Waals surface area contributed by atoms with Gasteiger partial charge in [0.2, 0.25) is 0 Å². The Labute approximate surface area is 133 Å². The summed E-state index contributed by atoms with van der Waals surface area (Å²) < 4.78 is 5.39. The summed E-state index contributed by atoms with van der Waals surface area (Å²) in [5.74, 6) is 0.483. The van der Waals surface area contributed by atoms with E-state index in [4.69, 9.17) is 16.3 Å². The lowest BCUT2D eigenvalue weighted by Gasteiger charge is -2.08. The predicted octanol–water partition coefficient (Wildman–Crippen LogP) is 3.61. The molecule has 0 atom stereocenters. The summed E-state index contributed by atoms with van der Waals surface area (Å²) in [5.41, 5.74) is 2.98. The second kappa shape index (κ2) is 6.12. The molecule has 1 aromatic heterocycles. The van der Waals surface area contributed by atoms with Crippen LogP contribution in [0, 0.1) is 0 Å². The van der Waals surface area contributed by atoms with Crippen LogP contribution in [0.2, 0.25) is 5.02 Å². The van der Waals surface area contributed by atoms with Crippen molar-refractivity contribution in [3.63, 3.8) is 0 Å². The Morgan fingerprint density at radius 2 is 2.00 bits per heavy atom. The van der Waals surface area contributed by atoms with Gasteiger partial charge in [0.1, 0.15) is 5.75 Å². The number of amides is 1. The highest BCUT2D eigenvalue weighted by molar-refractivity contribution is 6.34. The summed E-state index contributed by atoms with van der Waals surface area (Å²) in [5, 5.41) is 4.31. The van der Waals surface area contributed by atoms with Crippen molar-refractivity contribution in [1.82, 2.24) is 10.3 Å². The number of carbonyl (C=O) groups excluding carboxylic acids is 1. The van der Waals surface area contributed by atoms with E-state index in [2.05, 4.69) is 16.4 Å². The SMILES string of the molecule is CNC(=O)COc1ccc(-c2cc3cc[nH]c3cc2Cl)cc1. The lowest BCUT2D eigenvalue weighted by atomic mass is 10.0. The van der Waals surface area contributed by atoms with Gasteiger partial charge < -0.3 is 15.0 Å². The number of hydrogen-bond acceptors (Lipinski definition) is 2. The van der Waals surface area contributed by atoms with E-state index >= 15 is 0 Å². The Balaban J connectivity index is 1.84. The number of ether oxygens (including phenoxy) is 1. The van der Waals surface area contributed by atoms with Crippen molar-refractivity contribution in [3.05, 3.63) is 53.7 Å². The number of benzene rings is 2. The lowest BCUT2D eigenvalue weighted by molar-refractivity contribution is -0.122. The molecule has 1 amide bonds. The fraction of sp³-hybridized carbons (Fsp3) is 0.118. The number of carbonyl (C=O) groups is 1. The van der Waals surface area contributed by atoms with Crippen LogP contribution in [0.4, 0.5) is 0 Å². The summed E-state index contributed by atoms with van der Waals surface area (Å²) >= 11 is 6.35. The second-order valence-corrected chi connectivity index (χ2v) is 5.29. The number of hydrogen-bond donors (Lipinski definition) is 2. The van der Waals surface area contributed by atoms with Crippen LogP contribution < -0.4 is 10.1 Å². The first-order valence-corrected chi connectivity index (χ1v) is 7.25. The number of fused-ring (bicyclic) bond motifs is 1. The van der Waals surface area contributed by atoms with E-state index in [1.807, 2.05) is 42.6 Å². The van der Waals surface area contributed by atoms with Gasteiger partial charge in [0.05, 0.1) is 5.02 Å². The molecule has 22 heavy (non-hydrogen) atoms. The molecule has 2 N–H and O–H groups in total. The molecule has 0 saturated heterocycles. The van der Waals surface area contributed by atoms with E-state index in [1.54, 1.807) is 7.05 Å². The molecule has 0 spiro atoms. The maximum Gasteiger partial charge on any atom is 0.257 e. The van der Waals surface area contributed by atoms with E-state index in [-0.39, 0.29) is 12.5 Å². The van der Waals surface area contributed by atoms with Crippen molar-refractivity contribution in [2.24, 2.45) is 0 Å². The van der Waals surface area contributed by atoms with E-state index < -0.39 is 0 Å². The summed E-state index contributed by atoms with van der Waals surface area (Å²) in [4.78, 5) is 14.3. The standard InChI is InChI=1S/C17H15ClN2O2/c1-19-17(21)10-22-13-4-2-11(3-5-13)14-8-12-6-7-20-16(12)9-15(14)18/h2-9,20H,10H2,1H3,(H,19,21). The van der Waals surface area contributed by atoms with Crippen LogP contribution in [-0.4, -0.2) is 24.5 Å². The van der Waals surface area contributed by atoms with Crippen molar-refractivity contribution in [1.29, 1.82) is 0 Å². The van der Waals surface area contributed by atoms with Gasteiger partial charge >= 0.3 is 0 Å². The largest absolute Gasteiger partial charge is 0.484 e. The number of likely N-dealkylation sites (N-methyl/N-ethyl adjacent to an activating group) is 1. The Kier molecular flexibility index (Phi) is 4.02. The average Bonchev–Trinajstić information content (AvgIpc) is 2.99. The van der Waals surface area contributed by atoms with E-state index in [9.17, 15) is 4.79 Å². The molecule has 112 valence electrons. The molecule has 1 heterocycles. The van der Waals surface area contributed by atoms with Gasteiger partial charge in [0.15, 0.2) is 6.61 Å². The zero-order valence-corrected chi connectivity index (χ0v) is 12.8. The summed E-state index contributed by atoms with van der Waals surface area (Å²) in [6.45, 7) is 0.00587. The maximum absolute atomic E-state index is 11.2. The first-order chi connectivity index (χ1) is 10.7. The summed E-state index contributed by atoms with van der Waals surface area (Å²) in [6, 6.07) is 13.5. The molecule has 4 nitrogen and oxygen atoms in total. The maximum atomic E-state index is 11.2. The van der Waals surface area contributed by atoms with E-state index in [1.165, 1.54) is 0 Å². The third-order valence-corrected chi connectivity index (χ3v) is 3.77. The Morgan fingerprint density at radius 3 is 2.73 bits per heavy atom. The van der Waals surface area contributed by atoms with Crippen LogP contribution in [0.25, 0.3) is 22.0 Å². The van der Waals surface area contributed by atoms with Gasteiger partial charge in [0, 0.05) is 29.7 Å². The highest BCUT2D eigenvalue weighted by Gasteiger charge is 2.07. The molecule has 3 rings (SSSR count). The number of aromatic nitrogens is 1. The number of aromatic amines is 1. The Hall–Kier alpha value is -2.46. The molecule has 0 radical (unpaired) electrons. The monoisotopic (exact) mass is 314 g/mol. The molecule has 0 aliphatic rings. The van der Waals surface area contributed by atoms with Crippen LogP contribution in [0.3, 0.4) is 0 Å². The third-order valence-electron chi connectivity index (χ3n) is 3.46. The van der Waals surface area contributed by atoms with Crippen LogP contribution >= 0.6 is 11.6 Å². The van der Waals surface area contributed by atoms with Gasteiger partial charge in [-0.05, 0) is 35.9 Å². The van der Waals surface area contributed by atoms with E-state index in [0.717, 1.165) is 22.0 Å². The average molecular weight is 315 g/mol. The minimum atomic E-state index is -0.162. The van der Waals surface area contributed by atoms with Gasteiger partial charge in [-0.15, -0.1) is 0 Å². The van der Waals surface area contributed by atoms with Crippen molar-refractivity contribution < 1.29 is 9.53 Å². The van der Waals surface area contributed by atoms with Gasteiger partial charge in [0.25, 0.3) is 5.91 Å². The van der Waals surface area contributed by atoms with Crippen LogP contribution in [0.5, 0.6) is 5.75 Å². The van der Waals surface area contributed by atoms with Crippen LogP contribution in [-0.2, 0) is 4.79 Å². The molecule has 3 aromatic rings. The highest BCUT2D eigenvalue weighted by Crippen LogP contribution is 2.32. The Bertz CT molecular complexity index is 809. The third kappa shape index (κ3) is 2.92. The number of nitrogens with one attached hydrogen (secondary N) is 2. The quantitative estimate of drug-likeness (QED) is 0.773. The highest BCUT2D eigenvalue weighted by atomic mass is 35.5. The van der Waals surface area contributed by atoms with Gasteiger partial charge in [-0.1, -0.05) is 23.7 Å². The lowest BCUT2D eigenvalue weighted by Crippen LogP contribution is -2.24. The summed E-state index contributed by atoms with van der Waals surface area (Å²) in [7, 11) is 1.58.